The number of benzene rings is 1. The van der Waals surface area contributed by atoms with E-state index in [1.807, 2.05) is 0 Å². The van der Waals surface area contributed by atoms with Crippen molar-refractivity contribution in [2.45, 2.75) is 12.7 Å². The minimum absolute atomic E-state index is 0.0906. The van der Waals surface area contributed by atoms with E-state index in [0.717, 1.165) is 4.31 Å². The molecule has 29 heavy (non-hydrogen) atoms. The van der Waals surface area contributed by atoms with Crippen molar-refractivity contribution in [1.82, 2.24) is 9.29 Å². The molecule has 0 N–H and O–H groups in total. The molecule has 0 saturated carbocycles. The first-order valence-corrected chi connectivity index (χ1v) is 11.5. The van der Waals surface area contributed by atoms with Gasteiger partial charge in [-0.25, -0.2) is 8.42 Å². The average molecular weight is 458 g/mol. The molecule has 0 atom stereocenters. The summed E-state index contributed by atoms with van der Waals surface area (Å²) >= 11 is 6.36. The van der Waals surface area contributed by atoms with E-state index >= 15 is 0 Å². The van der Waals surface area contributed by atoms with Gasteiger partial charge in [-0.05, 0) is 29.3 Å². The predicted octanol–water partition coefficient (Wildman–Crippen LogP) is 2.75. The predicted molar refractivity (Wildman–Crippen MR) is 109 cm³/mol. The Hall–Kier alpha value is -2.34. The van der Waals surface area contributed by atoms with E-state index in [2.05, 4.69) is 10.2 Å². The average Bonchev–Trinajstić information content (AvgIpc) is 2.64. The molecular formula is C17H16ClN3O6S2. The van der Waals surface area contributed by atoms with Crippen LogP contribution in [0.4, 0.5) is 0 Å². The van der Waals surface area contributed by atoms with Gasteiger partial charge in [0.15, 0.2) is 21.3 Å². The number of halogens is 1. The van der Waals surface area contributed by atoms with Crippen molar-refractivity contribution in [2.24, 2.45) is 5.18 Å². The molecule has 1 aromatic heterocycles. The normalized spacial score (nSPS) is 15.9. The highest BCUT2D eigenvalue weighted by atomic mass is 35.5. The molecule has 0 fully saturated rings. The molecule has 0 radical (unpaired) electrons. The lowest BCUT2D eigenvalue weighted by Gasteiger charge is -2.21. The van der Waals surface area contributed by atoms with E-state index < -0.39 is 30.8 Å². The maximum Gasteiger partial charge on any atom is 0.384 e. The van der Waals surface area contributed by atoms with Crippen molar-refractivity contribution in [3.05, 3.63) is 62.8 Å². The summed E-state index contributed by atoms with van der Waals surface area (Å²) in [6.07, 6.45) is 1.41. The Kier molecular flexibility index (Phi) is 5.52. The highest BCUT2D eigenvalue weighted by Gasteiger charge is 2.36. The minimum atomic E-state index is -4.15. The molecule has 1 aromatic carbocycles. The van der Waals surface area contributed by atoms with Crippen LogP contribution in [0.15, 0.2) is 35.6 Å². The maximum absolute atomic E-state index is 12.9. The van der Waals surface area contributed by atoms with Gasteiger partial charge in [0.1, 0.15) is 4.91 Å². The van der Waals surface area contributed by atoms with Gasteiger partial charge in [-0.15, -0.1) is 4.91 Å². The van der Waals surface area contributed by atoms with Gasteiger partial charge in [0.2, 0.25) is 0 Å². The summed E-state index contributed by atoms with van der Waals surface area (Å²) in [5, 5.41) is 2.63. The van der Waals surface area contributed by atoms with E-state index in [1.165, 1.54) is 38.5 Å². The third kappa shape index (κ3) is 3.78. The molecule has 1 aliphatic rings. The van der Waals surface area contributed by atoms with Crippen LogP contribution in [0.1, 0.15) is 22.4 Å². The number of nitrogens with zero attached hydrogens (tertiary/aromatic N) is 3. The largest absolute Gasteiger partial charge is 0.384 e. The molecule has 9 nitrogen and oxygen atoms in total. The van der Waals surface area contributed by atoms with Gasteiger partial charge < -0.3 is 4.18 Å². The van der Waals surface area contributed by atoms with Gasteiger partial charge in [-0.2, -0.15) is 12.7 Å². The monoisotopic (exact) mass is 457 g/mol. The number of pyridine rings is 1. The zero-order chi connectivity index (χ0) is 21.6. The minimum Gasteiger partial charge on any atom is -0.369 e. The van der Waals surface area contributed by atoms with Crippen LogP contribution in [0.25, 0.3) is 10.6 Å². The van der Waals surface area contributed by atoms with Crippen LogP contribution >= 0.6 is 11.6 Å². The Labute approximate surface area is 173 Å². The van der Waals surface area contributed by atoms with Crippen LogP contribution in [0.5, 0.6) is 5.75 Å². The number of aromatic nitrogens is 1. The Morgan fingerprint density at radius 2 is 1.93 bits per heavy atom. The molecule has 1 aliphatic heterocycles. The van der Waals surface area contributed by atoms with Crippen LogP contribution in [-0.2, 0) is 25.9 Å². The van der Waals surface area contributed by atoms with Gasteiger partial charge >= 0.3 is 10.3 Å². The van der Waals surface area contributed by atoms with Crippen LogP contribution < -0.4 is 4.18 Å². The number of fused-ring (bicyclic) bond motifs is 1. The Bertz CT molecular complexity index is 1250. The first-order chi connectivity index (χ1) is 13.5. The third-order valence-electron chi connectivity index (χ3n) is 4.25. The lowest BCUT2D eigenvalue weighted by Crippen LogP contribution is -2.27. The zero-order valence-corrected chi connectivity index (χ0v) is 18.0. The number of aryl methyl sites for hydroxylation is 1. The Morgan fingerprint density at radius 3 is 2.55 bits per heavy atom. The van der Waals surface area contributed by atoms with Gasteiger partial charge in [-0.1, -0.05) is 29.8 Å². The fraction of sp³-hybridized carbons (Fsp3) is 0.235. The molecule has 0 amide bonds. The summed E-state index contributed by atoms with van der Waals surface area (Å²) in [5.74, 6) is -0.640. The van der Waals surface area contributed by atoms with Gasteiger partial charge in [0, 0.05) is 25.9 Å². The summed E-state index contributed by atoms with van der Waals surface area (Å²) in [5.41, 5.74) is 0.344. The molecule has 12 heteroatoms. The Morgan fingerprint density at radius 1 is 1.24 bits per heavy atom. The quantitative estimate of drug-likeness (QED) is 0.632. The first kappa shape index (κ1) is 21.4. The fourth-order valence-electron chi connectivity index (χ4n) is 2.79. The second-order valence-corrected chi connectivity index (χ2v) is 10.5. The van der Waals surface area contributed by atoms with Crippen molar-refractivity contribution in [2.75, 3.05) is 14.1 Å². The van der Waals surface area contributed by atoms with Gasteiger partial charge in [0.05, 0.1) is 16.5 Å². The highest BCUT2D eigenvalue weighted by molar-refractivity contribution is 8.00. The SMILES string of the molecule is Cc1ccc(C2=C(N=O)c3ncccc3CS2(=O)=O)c(Cl)c1OS(=O)(=O)N(C)C. The van der Waals surface area contributed by atoms with Crippen LogP contribution in [0, 0.1) is 11.8 Å². The number of hydrogen-bond acceptors (Lipinski definition) is 8. The maximum atomic E-state index is 12.9. The van der Waals surface area contributed by atoms with Crippen LogP contribution in [0.2, 0.25) is 5.02 Å². The molecular weight excluding hydrogens is 442 g/mol. The number of nitroso groups, excluding NO2 is 1. The van der Waals surface area contributed by atoms with E-state index in [4.69, 9.17) is 15.8 Å². The fourth-order valence-corrected chi connectivity index (χ4v) is 5.53. The summed E-state index contributed by atoms with van der Waals surface area (Å²) < 4.78 is 56.1. The van der Waals surface area contributed by atoms with Crippen molar-refractivity contribution in [3.63, 3.8) is 0 Å². The van der Waals surface area contributed by atoms with E-state index in [0.29, 0.717) is 11.1 Å². The number of hydrogen-bond donors (Lipinski definition) is 0. The summed E-state index contributed by atoms with van der Waals surface area (Å²) in [4.78, 5) is 15.2. The number of rotatable bonds is 5. The molecule has 0 aliphatic carbocycles. The van der Waals surface area contributed by atoms with Gasteiger partial charge in [-0.3, -0.25) is 4.98 Å². The second kappa shape index (κ2) is 7.48. The molecule has 0 saturated heterocycles. The third-order valence-corrected chi connectivity index (χ3v) is 7.63. The van der Waals surface area contributed by atoms with Gasteiger partial charge in [0.25, 0.3) is 0 Å². The highest BCUT2D eigenvalue weighted by Crippen LogP contribution is 2.44. The first-order valence-electron chi connectivity index (χ1n) is 8.15. The standard InChI is InChI=1S/C17H16ClN3O6S2/c1-10-6-7-12(13(18)16(10)27-29(25,26)21(2)3)17-15(20-22)14-11(5-4-8-19-14)9-28(17,23)24/h4-8H,9H2,1-3H3. The lowest BCUT2D eigenvalue weighted by atomic mass is 10.1. The summed E-state index contributed by atoms with van der Waals surface area (Å²) in [6, 6.07) is 5.91. The molecule has 0 bridgehead atoms. The van der Waals surface area contributed by atoms with E-state index in [-0.39, 0.29) is 27.7 Å². The second-order valence-electron chi connectivity index (χ2n) is 6.44. The molecule has 154 valence electrons. The van der Waals surface area contributed by atoms with Crippen LogP contribution in [0.3, 0.4) is 0 Å². The molecule has 2 aromatic rings. The topological polar surface area (TPSA) is 123 Å². The molecule has 0 unspecified atom stereocenters. The zero-order valence-electron chi connectivity index (χ0n) is 15.6. The van der Waals surface area contributed by atoms with Crippen LogP contribution in [-0.4, -0.2) is 40.2 Å². The molecule has 2 heterocycles. The van der Waals surface area contributed by atoms with Crippen molar-refractivity contribution in [1.29, 1.82) is 0 Å². The smallest absolute Gasteiger partial charge is 0.369 e. The van der Waals surface area contributed by atoms with E-state index in [1.54, 1.807) is 13.0 Å². The summed E-state index contributed by atoms with van der Waals surface area (Å²) in [7, 11) is -5.63. The van der Waals surface area contributed by atoms with Crippen molar-refractivity contribution >= 4 is 42.3 Å². The van der Waals surface area contributed by atoms with E-state index in [9.17, 15) is 21.7 Å². The molecule has 3 rings (SSSR count). The lowest BCUT2D eigenvalue weighted by molar-refractivity contribution is 0.420. The Balaban J connectivity index is 2.32. The van der Waals surface area contributed by atoms with Crippen molar-refractivity contribution in [3.8, 4) is 5.75 Å². The molecule has 0 spiro atoms. The summed E-state index contributed by atoms with van der Waals surface area (Å²) in [6.45, 7) is 1.55. The van der Waals surface area contributed by atoms with Crippen molar-refractivity contribution < 1.29 is 21.0 Å². The number of sulfone groups is 1.